The van der Waals surface area contributed by atoms with E-state index in [1.807, 2.05) is 13.8 Å². The van der Waals surface area contributed by atoms with Crippen molar-refractivity contribution < 1.29 is 14.7 Å². The normalized spacial score (nSPS) is 12.1. The third kappa shape index (κ3) is 5.84. The fraction of sp³-hybridized carbons (Fsp3) is 0.467. The summed E-state index contributed by atoms with van der Waals surface area (Å²) in [5.74, 6) is -0.280. The SMILES string of the molecule is CC(O)CCC(=O)Nc1ccc(C(=O)NC(C)C)cc1. The molecule has 0 bridgehead atoms. The van der Waals surface area contributed by atoms with Gasteiger partial charge in [-0.15, -0.1) is 0 Å². The fourth-order valence-corrected chi connectivity index (χ4v) is 1.61. The molecule has 5 nitrogen and oxygen atoms in total. The Morgan fingerprint density at radius 1 is 1.15 bits per heavy atom. The average molecular weight is 278 g/mol. The van der Waals surface area contributed by atoms with Crippen molar-refractivity contribution in [2.45, 2.75) is 45.8 Å². The van der Waals surface area contributed by atoms with Gasteiger partial charge in [0.2, 0.25) is 5.91 Å². The molecule has 0 fully saturated rings. The summed E-state index contributed by atoms with van der Waals surface area (Å²) in [5.41, 5.74) is 1.20. The first-order chi connectivity index (χ1) is 9.38. The van der Waals surface area contributed by atoms with Gasteiger partial charge in [0, 0.05) is 23.7 Å². The molecule has 110 valence electrons. The van der Waals surface area contributed by atoms with E-state index in [4.69, 9.17) is 5.11 Å². The molecule has 0 aliphatic heterocycles. The second kappa shape index (κ2) is 7.65. The van der Waals surface area contributed by atoms with Gasteiger partial charge in [-0.05, 0) is 51.5 Å². The third-order valence-corrected chi connectivity index (χ3v) is 2.64. The van der Waals surface area contributed by atoms with Crippen molar-refractivity contribution in [2.24, 2.45) is 0 Å². The molecule has 0 heterocycles. The summed E-state index contributed by atoms with van der Waals surface area (Å²) in [6.45, 7) is 5.44. The summed E-state index contributed by atoms with van der Waals surface area (Å²) in [6, 6.07) is 6.80. The number of amides is 2. The Morgan fingerprint density at radius 2 is 1.75 bits per heavy atom. The predicted octanol–water partition coefficient (Wildman–Crippen LogP) is 1.92. The number of nitrogens with one attached hydrogen (secondary N) is 2. The molecule has 1 aromatic rings. The van der Waals surface area contributed by atoms with Crippen molar-refractivity contribution in [2.75, 3.05) is 5.32 Å². The minimum Gasteiger partial charge on any atom is -0.393 e. The molecule has 5 heteroatoms. The van der Waals surface area contributed by atoms with E-state index in [2.05, 4.69) is 10.6 Å². The number of anilines is 1. The maximum absolute atomic E-state index is 11.7. The molecule has 1 rings (SSSR count). The van der Waals surface area contributed by atoms with Gasteiger partial charge in [-0.3, -0.25) is 9.59 Å². The van der Waals surface area contributed by atoms with Crippen LogP contribution in [-0.2, 0) is 4.79 Å². The first kappa shape index (κ1) is 16.2. The van der Waals surface area contributed by atoms with Crippen LogP contribution in [0.5, 0.6) is 0 Å². The van der Waals surface area contributed by atoms with E-state index < -0.39 is 6.10 Å². The van der Waals surface area contributed by atoms with Crippen LogP contribution in [-0.4, -0.2) is 29.1 Å². The van der Waals surface area contributed by atoms with E-state index in [1.54, 1.807) is 31.2 Å². The van der Waals surface area contributed by atoms with Gasteiger partial charge in [0.05, 0.1) is 6.10 Å². The van der Waals surface area contributed by atoms with Gasteiger partial charge in [0.25, 0.3) is 5.91 Å². The van der Waals surface area contributed by atoms with E-state index in [1.165, 1.54) is 0 Å². The summed E-state index contributed by atoms with van der Waals surface area (Å²) in [5, 5.41) is 14.6. The number of aliphatic hydroxyl groups excluding tert-OH is 1. The van der Waals surface area contributed by atoms with E-state index >= 15 is 0 Å². The summed E-state index contributed by atoms with van der Waals surface area (Å²) in [6.07, 6.45) is 0.219. The molecule has 0 saturated carbocycles. The minimum absolute atomic E-state index is 0.0855. The van der Waals surface area contributed by atoms with Gasteiger partial charge < -0.3 is 15.7 Å². The van der Waals surface area contributed by atoms with Crippen molar-refractivity contribution in [3.05, 3.63) is 29.8 Å². The van der Waals surface area contributed by atoms with Gasteiger partial charge in [0.15, 0.2) is 0 Å². The van der Waals surface area contributed by atoms with Crippen molar-refractivity contribution in [3.8, 4) is 0 Å². The molecule has 0 radical (unpaired) electrons. The first-order valence-corrected chi connectivity index (χ1v) is 6.77. The molecule has 0 aliphatic rings. The molecule has 0 saturated heterocycles. The van der Waals surface area contributed by atoms with Crippen LogP contribution in [0.4, 0.5) is 5.69 Å². The Balaban J connectivity index is 2.54. The van der Waals surface area contributed by atoms with Crippen LogP contribution in [0.2, 0.25) is 0 Å². The highest BCUT2D eigenvalue weighted by atomic mass is 16.3. The standard InChI is InChI=1S/C15H22N2O3/c1-10(2)16-15(20)12-5-7-13(8-6-12)17-14(19)9-4-11(3)18/h5-8,10-11,18H,4,9H2,1-3H3,(H,16,20)(H,17,19). The van der Waals surface area contributed by atoms with Crippen LogP contribution in [0.15, 0.2) is 24.3 Å². The topological polar surface area (TPSA) is 78.4 Å². The summed E-state index contributed by atoms with van der Waals surface area (Å²) < 4.78 is 0. The molecule has 2 amide bonds. The molecule has 20 heavy (non-hydrogen) atoms. The Bertz CT molecular complexity index is 453. The van der Waals surface area contributed by atoms with Gasteiger partial charge >= 0.3 is 0 Å². The van der Waals surface area contributed by atoms with E-state index in [0.29, 0.717) is 17.7 Å². The number of hydrogen-bond donors (Lipinski definition) is 3. The van der Waals surface area contributed by atoms with Crippen molar-refractivity contribution in [3.63, 3.8) is 0 Å². The molecule has 0 aromatic heterocycles. The minimum atomic E-state index is -0.483. The quantitative estimate of drug-likeness (QED) is 0.744. The van der Waals surface area contributed by atoms with E-state index in [0.717, 1.165) is 0 Å². The molecular formula is C15H22N2O3. The van der Waals surface area contributed by atoms with Crippen molar-refractivity contribution in [1.82, 2.24) is 5.32 Å². The molecule has 0 spiro atoms. The second-order valence-corrected chi connectivity index (χ2v) is 5.14. The fourth-order valence-electron chi connectivity index (χ4n) is 1.61. The van der Waals surface area contributed by atoms with Crippen LogP contribution in [0.3, 0.4) is 0 Å². The highest BCUT2D eigenvalue weighted by Gasteiger charge is 2.08. The lowest BCUT2D eigenvalue weighted by atomic mass is 10.1. The summed E-state index contributed by atoms with van der Waals surface area (Å²) in [4.78, 5) is 23.3. The zero-order chi connectivity index (χ0) is 15.1. The highest BCUT2D eigenvalue weighted by Crippen LogP contribution is 2.11. The maximum atomic E-state index is 11.7. The van der Waals surface area contributed by atoms with Crippen LogP contribution in [0, 0.1) is 0 Å². The van der Waals surface area contributed by atoms with Gasteiger partial charge in [-0.2, -0.15) is 0 Å². The van der Waals surface area contributed by atoms with Gasteiger partial charge in [0.1, 0.15) is 0 Å². The van der Waals surface area contributed by atoms with Crippen LogP contribution >= 0.6 is 0 Å². The second-order valence-electron chi connectivity index (χ2n) is 5.14. The molecule has 3 N–H and O–H groups in total. The maximum Gasteiger partial charge on any atom is 0.251 e. The van der Waals surface area contributed by atoms with Crippen molar-refractivity contribution >= 4 is 17.5 Å². The molecule has 0 aliphatic carbocycles. The van der Waals surface area contributed by atoms with Crippen LogP contribution in [0.25, 0.3) is 0 Å². The number of rotatable bonds is 6. The van der Waals surface area contributed by atoms with E-state index in [-0.39, 0.29) is 24.3 Å². The Hall–Kier alpha value is -1.88. The number of benzene rings is 1. The zero-order valence-electron chi connectivity index (χ0n) is 12.1. The lowest BCUT2D eigenvalue weighted by molar-refractivity contribution is -0.116. The predicted molar refractivity (Wildman–Crippen MR) is 78.6 cm³/mol. The monoisotopic (exact) mass is 278 g/mol. The van der Waals surface area contributed by atoms with Gasteiger partial charge in [-0.1, -0.05) is 0 Å². The molecular weight excluding hydrogens is 256 g/mol. The first-order valence-electron chi connectivity index (χ1n) is 6.77. The summed E-state index contributed by atoms with van der Waals surface area (Å²) >= 11 is 0. The Labute approximate surface area is 119 Å². The largest absolute Gasteiger partial charge is 0.393 e. The lowest BCUT2D eigenvalue weighted by Gasteiger charge is -2.09. The number of carbonyl (C=O) groups excluding carboxylic acids is 2. The third-order valence-electron chi connectivity index (χ3n) is 2.64. The lowest BCUT2D eigenvalue weighted by Crippen LogP contribution is -2.30. The number of carbonyl (C=O) groups is 2. The van der Waals surface area contributed by atoms with Crippen LogP contribution in [0.1, 0.15) is 44.0 Å². The Kier molecular flexibility index (Phi) is 6.18. The highest BCUT2D eigenvalue weighted by molar-refractivity contribution is 5.95. The average Bonchev–Trinajstić information content (AvgIpc) is 2.36. The molecule has 1 unspecified atom stereocenters. The van der Waals surface area contributed by atoms with E-state index in [9.17, 15) is 9.59 Å². The van der Waals surface area contributed by atoms with Crippen LogP contribution < -0.4 is 10.6 Å². The van der Waals surface area contributed by atoms with Crippen molar-refractivity contribution in [1.29, 1.82) is 0 Å². The van der Waals surface area contributed by atoms with Gasteiger partial charge in [-0.25, -0.2) is 0 Å². The number of hydrogen-bond acceptors (Lipinski definition) is 3. The summed E-state index contributed by atoms with van der Waals surface area (Å²) in [7, 11) is 0. The Morgan fingerprint density at radius 3 is 2.25 bits per heavy atom. The zero-order valence-corrected chi connectivity index (χ0v) is 12.1. The number of aliphatic hydroxyl groups is 1. The molecule has 1 atom stereocenters. The molecule has 1 aromatic carbocycles. The smallest absolute Gasteiger partial charge is 0.251 e.